The van der Waals surface area contributed by atoms with Gasteiger partial charge in [0.25, 0.3) is 0 Å². The molecular formula is C69H128O6. The number of esters is 3. The van der Waals surface area contributed by atoms with E-state index in [1.54, 1.807) is 0 Å². The summed E-state index contributed by atoms with van der Waals surface area (Å²) in [6.07, 6.45) is 79.1. The third kappa shape index (κ3) is 62.4. The van der Waals surface area contributed by atoms with Crippen LogP contribution in [-0.4, -0.2) is 37.2 Å². The van der Waals surface area contributed by atoms with Gasteiger partial charge in [-0.25, -0.2) is 0 Å². The molecule has 0 saturated carbocycles. The Morgan fingerprint density at radius 1 is 0.267 bits per heavy atom. The topological polar surface area (TPSA) is 78.9 Å². The summed E-state index contributed by atoms with van der Waals surface area (Å²) < 4.78 is 16.9. The van der Waals surface area contributed by atoms with E-state index in [4.69, 9.17) is 14.2 Å². The second kappa shape index (κ2) is 64.2. The summed E-state index contributed by atoms with van der Waals surface area (Å²) in [4.78, 5) is 38.2. The molecule has 75 heavy (non-hydrogen) atoms. The Morgan fingerprint density at radius 3 is 0.787 bits per heavy atom. The number of carbonyl (C=O) groups excluding carboxylic acids is 3. The average molecular weight is 1050 g/mol. The van der Waals surface area contributed by atoms with Crippen molar-refractivity contribution in [1.29, 1.82) is 0 Å². The lowest BCUT2D eigenvalue weighted by atomic mass is 10.0. The normalized spacial score (nSPS) is 12.2. The third-order valence-electron chi connectivity index (χ3n) is 15.1. The fraction of sp³-hybridized carbons (Fsp3) is 0.870. The Kier molecular flexibility index (Phi) is 62.1. The van der Waals surface area contributed by atoms with Crippen molar-refractivity contribution in [2.75, 3.05) is 13.2 Å². The SMILES string of the molecule is CCCC/C=C\C/C=C\CCCCCCCC(=O)OC(COC(=O)CCCCCCC/C=C\CCCC)COC(=O)CCCCCCCCCCCCCCCCCCCCCCCCCCCCCCCCCC. The molecule has 0 amide bonds. The van der Waals surface area contributed by atoms with Gasteiger partial charge in [-0.05, 0) is 64.2 Å². The molecule has 1 atom stereocenters. The Bertz CT molecular complexity index is 1250. The van der Waals surface area contributed by atoms with Crippen molar-refractivity contribution in [2.24, 2.45) is 0 Å². The fourth-order valence-corrected chi connectivity index (χ4v) is 10.0. The van der Waals surface area contributed by atoms with Crippen LogP contribution in [0.4, 0.5) is 0 Å². The van der Waals surface area contributed by atoms with Crippen LogP contribution in [0.3, 0.4) is 0 Å². The molecule has 0 radical (unpaired) electrons. The van der Waals surface area contributed by atoms with Gasteiger partial charge in [-0.1, -0.05) is 320 Å². The molecule has 0 aliphatic carbocycles. The van der Waals surface area contributed by atoms with E-state index in [1.807, 2.05) is 0 Å². The summed E-state index contributed by atoms with van der Waals surface area (Å²) in [7, 11) is 0. The number of ether oxygens (including phenoxy) is 3. The van der Waals surface area contributed by atoms with Gasteiger partial charge in [-0.3, -0.25) is 14.4 Å². The summed E-state index contributed by atoms with van der Waals surface area (Å²) in [5.74, 6) is -0.882. The first-order chi connectivity index (χ1) is 37.0. The first-order valence-electron chi connectivity index (χ1n) is 33.5. The highest BCUT2D eigenvalue weighted by Crippen LogP contribution is 2.18. The molecule has 0 aromatic carbocycles. The van der Waals surface area contributed by atoms with Gasteiger partial charge in [0.15, 0.2) is 6.10 Å². The number of allylic oxidation sites excluding steroid dienone is 6. The van der Waals surface area contributed by atoms with E-state index >= 15 is 0 Å². The minimum Gasteiger partial charge on any atom is -0.462 e. The molecule has 0 aliphatic rings. The van der Waals surface area contributed by atoms with E-state index < -0.39 is 6.10 Å². The molecule has 0 spiro atoms. The van der Waals surface area contributed by atoms with E-state index in [0.717, 1.165) is 89.9 Å². The second-order valence-corrected chi connectivity index (χ2v) is 22.7. The van der Waals surface area contributed by atoms with Crippen molar-refractivity contribution in [1.82, 2.24) is 0 Å². The lowest BCUT2D eigenvalue weighted by Gasteiger charge is -2.18. The van der Waals surface area contributed by atoms with Gasteiger partial charge in [0, 0.05) is 19.3 Å². The van der Waals surface area contributed by atoms with Crippen LogP contribution in [0.15, 0.2) is 36.5 Å². The Hall–Kier alpha value is -2.37. The molecule has 1 unspecified atom stereocenters. The zero-order valence-corrected chi connectivity index (χ0v) is 50.6. The molecule has 0 rings (SSSR count). The third-order valence-corrected chi connectivity index (χ3v) is 15.1. The van der Waals surface area contributed by atoms with E-state index in [-0.39, 0.29) is 31.1 Å². The monoisotopic (exact) mass is 1050 g/mol. The summed E-state index contributed by atoms with van der Waals surface area (Å²) in [6.45, 7) is 6.59. The van der Waals surface area contributed by atoms with Crippen LogP contribution in [0.2, 0.25) is 0 Å². The van der Waals surface area contributed by atoms with Gasteiger partial charge < -0.3 is 14.2 Å². The molecule has 0 fully saturated rings. The highest BCUT2D eigenvalue weighted by Gasteiger charge is 2.19. The number of hydrogen-bond acceptors (Lipinski definition) is 6. The van der Waals surface area contributed by atoms with Crippen LogP contribution in [-0.2, 0) is 28.6 Å². The van der Waals surface area contributed by atoms with Gasteiger partial charge in [-0.15, -0.1) is 0 Å². The quantitative estimate of drug-likeness (QED) is 0.0261. The molecule has 0 saturated heterocycles. The number of rotatable bonds is 62. The van der Waals surface area contributed by atoms with Crippen LogP contribution in [0.5, 0.6) is 0 Å². The Labute approximate surface area is 467 Å². The fourth-order valence-electron chi connectivity index (χ4n) is 10.0. The number of carbonyl (C=O) groups is 3. The standard InChI is InChI=1S/C69H128O6/c1-4-7-10-13-16-19-22-24-26-27-28-29-30-31-32-33-34-35-36-37-38-39-40-41-42-43-45-47-50-53-56-59-62-68(71)74-65-66(64-73-67(70)61-58-55-52-49-46-21-18-15-12-9-6-3)75-69(72)63-60-57-54-51-48-44-25-23-20-17-14-11-8-5-2/h14-15,17-18,23,25,66H,4-13,16,19-22,24,26-65H2,1-3H3/b17-14-,18-15-,25-23-. The summed E-state index contributed by atoms with van der Waals surface area (Å²) in [5, 5.41) is 0. The lowest BCUT2D eigenvalue weighted by Crippen LogP contribution is -2.30. The predicted molar refractivity (Wildman–Crippen MR) is 326 cm³/mol. The van der Waals surface area contributed by atoms with Crippen LogP contribution in [0.1, 0.15) is 367 Å². The maximum absolute atomic E-state index is 12.8. The van der Waals surface area contributed by atoms with Crippen LogP contribution < -0.4 is 0 Å². The van der Waals surface area contributed by atoms with Gasteiger partial charge in [0.1, 0.15) is 13.2 Å². The molecule has 0 aromatic rings. The summed E-state index contributed by atoms with van der Waals surface area (Å²) in [5.41, 5.74) is 0. The van der Waals surface area contributed by atoms with Crippen molar-refractivity contribution in [3.63, 3.8) is 0 Å². The van der Waals surface area contributed by atoms with Crippen molar-refractivity contribution in [3.05, 3.63) is 36.5 Å². The van der Waals surface area contributed by atoms with E-state index in [2.05, 4.69) is 57.2 Å². The first kappa shape index (κ1) is 72.6. The smallest absolute Gasteiger partial charge is 0.306 e. The molecular weight excluding hydrogens is 925 g/mol. The minimum atomic E-state index is -0.780. The van der Waals surface area contributed by atoms with E-state index in [0.29, 0.717) is 19.3 Å². The van der Waals surface area contributed by atoms with E-state index in [1.165, 1.54) is 238 Å². The van der Waals surface area contributed by atoms with Crippen molar-refractivity contribution >= 4 is 17.9 Å². The zero-order valence-electron chi connectivity index (χ0n) is 50.6. The highest BCUT2D eigenvalue weighted by molar-refractivity contribution is 5.71. The maximum atomic E-state index is 12.8. The Balaban J connectivity index is 4.04. The average Bonchev–Trinajstić information content (AvgIpc) is 3.41. The summed E-state index contributed by atoms with van der Waals surface area (Å²) >= 11 is 0. The number of unbranched alkanes of at least 4 members (excludes halogenated alkanes) is 45. The van der Waals surface area contributed by atoms with Gasteiger partial charge in [0.2, 0.25) is 0 Å². The van der Waals surface area contributed by atoms with Gasteiger partial charge in [-0.2, -0.15) is 0 Å². The number of hydrogen-bond donors (Lipinski definition) is 0. The molecule has 0 bridgehead atoms. The lowest BCUT2D eigenvalue weighted by molar-refractivity contribution is -0.167. The molecule has 6 heteroatoms. The van der Waals surface area contributed by atoms with Crippen molar-refractivity contribution in [2.45, 2.75) is 374 Å². The van der Waals surface area contributed by atoms with Gasteiger partial charge in [0.05, 0.1) is 0 Å². The maximum Gasteiger partial charge on any atom is 0.306 e. The van der Waals surface area contributed by atoms with E-state index in [9.17, 15) is 14.4 Å². The molecule has 0 heterocycles. The van der Waals surface area contributed by atoms with Crippen LogP contribution in [0, 0.1) is 0 Å². The predicted octanol–water partition coefficient (Wildman–Crippen LogP) is 22.8. The molecule has 440 valence electrons. The molecule has 0 aromatic heterocycles. The van der Waals surface area contributed by atoms with Crippen LogP contribution >= 0.6 is 0 Å². The first-order valence-corrected chi connectivity index (χ1v) is 33.5. The van der Waals surface area contributed by atoms with Crippen LogP contribution in [0.25, 0.3) is 0 Å². The highest BCUT2D eigenvalue weighted by atomic mass is 16.6. The molecule has 6 nitrogen and oxygen atoms in total. The Morgan fingerprint density at radius 2 is 0.493 bits per heavy atom. The largest absolute Gasteiger partial charge is 0.462 e. The minimum absolute atomic E-state index is 0.0770. The van der Waals surface area contributed by atoms with Crippen molar-refractivity contribution < 1.29 is 28.6 Å². The van der Waals surface area contributed by atoms with Crippen molar-refractivity contribution in [3.8, 4) is 0 Å². The second-order valence-electron chi connectivity index (χ2n) is 22.7. The summed E-state index contributed by atoms with van der Waals surface area (Å²) in [6, 6.07) is 0. The molecule has 0 N–H and O–H groups in total. The zero-order chi connectivity index (χ0) is 54.3. The molecule has 0 aliphatic heterocycles. The van der Waals surface area contributed by atoms with Gasteiger partial charge >= 0.3 is 17.9 Å².